The number of fused-ring (bicyclic) bond motifs is 1. The van der Waals surface area contributed by atoms with Crippen molar-refractivity contribution in [1.29, 1.82) is 0 Å². The zero-order valence-corrected chi connectivity index (χ0v) is 18.9. The number of hydrogen-bond acceptors (Lipinski definition) is 8. The summed E-state index contributed by atoms with van der Waals surface area (Å²) in [7, 11) is 1.69. The van der Waals surface area contributed by atoms with Crippen LogP contribution < -0.4 is 10.6 Å². The summed E-state index contributed by atoms with van der Waals surface area (Å²) in [6, 6.07) is 6.51. The van der Waals surface area contributed by atoms with Crippen LogP contribution in [0.4, 0.5) is 4.79 Å². The molecule has 3 amide bonds. The molecule has 1 saturated heterocycles. The predicted molar refractivity (Wildman–Crippen MR) is 118 cm³/mol. The molecule has 0 bridgehead atoms. The topological polar surface area (TPSA) is 142 Å². The Labute approximate surface area is 192 Å². The van der Waals surface area contributed by atoms with Crippen molar-refractivity contribution in [3.8, 4) is 0 Å². The van der Waals surface area contributed by atoms with E-state index in [1.165, 1.54) is 33.1 Å². The molecule has 2 aromatic rings. The molecule has 2 atom stereocenters. The normalized spacial score (nSPS) is 19.9. The highest BCUT2D eigenvalue weighted by molar-refractivity contribution is 8.01. The number of thioether (sulfide) groups is 2. The largest absolute Gasteiger partial charge is 0.477 e. The van der Waals surface area contributed by atoms with E-state index < -0.39 is 29.3 Å². The van der Waals surface area contributed by atoms with E-state index in [2.05, 4.69) is 26.2 Å². The number of rotatable bonds is 7. The molecule has 1 aromatic carbocycles. The number of benzene rings is 1. The number of aryl methyl sites for hydroxylation is 2. The summed E-state index contributed by atoms with van der Waals surface area (Å²) >= 11 is 2.72. The highest BCUT2D eigenvalue weighted by atomic mass is 32.2. The van der Waals surface area contributed by atoms with Gasteiger partial charge in [0.05, 0.1) is 0 Å². The molecule has 13 heteroatoms. The number of aliphatic carboxylic acids is 1. The van der Waals surface area contributed by atoms with Crippen LogP contribution in [-0.4, -0.2) is 71.0 Å². The van der Waals surface area contributed by atoms with Gasteiger partial charge in [0.25, 0.3) is 5.91 Å². The van der Waals surface area contributed by atoms with Gasteiger partial charge in [-0.25, -0.2) is 14.3 Å². The van der Waals surface area contributed by atoms with E-state index in [9.17, 15) is 19.5 Å². The summed E-state index contributed by atoms with van der Waals surface area (Å²) in [5.74, 6) is -0.836. The Balaban J connectivity index is 1.38. The summed E-state index contributed by atoms with van der Waals surface area (Å²) in [4.78, 5) is 38.2. The first-order chi connectivity index (χ1) is 15.3. The molecular weight excluding hydrogens is 454 g/mol. The standard InChI is InChI=1S/C19H21N7O4S2/c1-10-3-5-11(6-4-10)7-20-18(30)21-13-15(27)26-14(17(28)29)12(8-31-16(13)26)9-32-19-22-23-24-25(19)2/h3-6,13,16H,7-9H2,1-2H3,(H,28,29)(H2,20,21,30)/t13?,16-/m1/s1. The summed E-state index contributed by atoms with van der Waals surface area (Å²) in [6.07, 6.45) is 0. The lowest BCUT2D eigenvalue weighted by Crippen LogP contribution is -2.71. The molecule has 2 aliphatic heterocycles. The lowest BCUT2D eigenvalue weighted by atomic mass is 10.0. The number of β-lactam (4-membered cyclic amide) rings is 1. The maximum Gasteiger partial charge on any atom is 0.352 e. The van der Waals surface area contributed by atoms with E-state index in [-0.39, 0.29) is 5.70 Å². The highest BCUT2D eigenvalue weighted by Gasteiger charge is 2.54. The van der Waals surface area contributed by atoms with Crippen molar-refractivity contribution in [3.05, 3.63) is 46.7 Å². The number of hydrogen-bond donors (Lipinski definition) is 3. The van der Waals surface area contributed by atoms with Gasteiger partial charge in [0, 0.05) is 25.1 Å². The molecule has 3 heterocycles. The van der Waals surface area contributed by atoms with Gasteiger partial charge in [-0.1, -0.05) is 41.6 Å². The Morgan fingerprint density at radius 1 is 1.31 bits per heavy atom. The van der Waals surface area contributed by atoms with Crippen LogP contribution in [0.3, 0.4) is 0 Å². The SMILES string of the molecule is Cc1ccc(CNC(=O)NC2C(=O)N3C(C(=O)O)=C(CSc4nnnn4C)CS[C@H]23)cc1. The smallest absolute Gasteiger partial charge is 0.352 e. The second-order valence-electron chi connectivity index (χ2n) is 7.33. The third kappa shape index (κ3) is 4.43. The number of nitrogens with one attached hydrogen (secondary N) is 2. The van der Waals surface area contributed by atoms with Crippen LogP contribution in [-0.2, 0) is 23.2 Å². The number of amides is 3. The Hall–Kier alpha value is -3.06. The fraction of sp³-hybridized carbons (Fsp3) is 0.368. The number of carboxylic acid groups (broad SMARTS) is 1. The van der Waals surface area contributed by atoms with Crippen molar-refractivity contribution in [1.82, 2.24) is 35.7 Å². The van der Waals surface area contributed by atoms with Crippen LogP contribution in [0.25, 0.3) is 0 Å². The van der Waals surface area contributed by atoms with Gasteiger partial charge in [-0.15, -0.1) is 16.9 Å². The first-order valence-corrected chi connectivity index (χ1v) is 11.7. The minimum atomic E-state index is -1.17. The number of tetrazole rings is 1. The van der Waals surface area contributed by atoms with Crippen LogP contribution in [0.2, 0.25) is 0 Å². The van der Waals surface area contributed by atoms with Crippen molar-refractivity contribution in [2.45, 2.75) is 30.0 Å². The monoisotopic (exact) mass is 475 g/mol. The van der Waals surface area contributed by atoms with E-state index in [4.69, 9.17) is 0 Å². The minimum absolute atomic E-state index is 0.0282. The van der Waals surface area contributed by atoms with Gasteiger partial charge in [0.15, 0.2) is 0 Å². The van der Waals surface area contributed by atoms with E-state index in [0.29, 0.717) is 28.8 Å². The van der Waals surface area contributed by atoms with E-state index in [1.54, 1.807) is 7.05 Å². The van der Waals surface area contributed by atoms with Gasteiger partial charge < -0.3 is 15.7 Å². The number of aromatic nitrogens is 4. The fourth-order valence-corrected chi connectivity index (χ4v) is 5.70. The van der Waals surface area contributed by atoms with Crippen LogP contribution in [0, 0.1) is 6.92 Å². The second kappa shape index (κ2) is 9.20. The molecule has 11 nitrogen and oxygen atoms in total. The van der Waals surface area contributed by atoms with Crippen molar-refractivity contribution in [2.75, 3.05) is 11.5 Å². The average molecular weight is 476 g/mol. The zero-order chi connectivity index (χ0) is 22.8. The fourth-order valence-electron chi connectivity index (χ4n) is 3.37. The summed E-state index contributed by atoms with van der Waals surface area (Å²) in [6.45, 7) is 2.31. The molecule has 1 fully saturated rings. The van der Waals surface area contributed by atoms with Crippen LogP contribution in [0.15, 0.2) is 40.7 Å². The van der Waals surface area contributed by atoms with Gasteiger partial charge in [-0.2, -0.15) is 0 Å². The van der Waals surface area contributed by atoms with Gasteiger partial charge >= 0.3 is 12.0 Å². The molecule has 32 heavy (non-hydrogen) atoms. The molecule has 1 unspecified atom stereocenters. The molecule has 2 aliphatic rings. The quantitative estimate of drug-likeness (QED) is 0.390. The molecule has 0 spiro atoms. The Morgan fingerprint density at radius 2 is 2.06 bits per heavy atom. The Kier molecular flexibility index (Phi) is 6.37. The Morgan fingerprint density at radius 3 is 2.72 bits per heavy atom. The molecule has 0 aliphatic carbocycles. The lowest BCUT2D eigenvalue weighted by molar-refractivity contribution is -0.148. The third-order valence-corrected chi connectivity index (χ3v) is 7.50. The first-order valence-electron chi connectivity index (χ1n) is 9.70. The lowest BCUT2D eigenvalue weighted by Gasteiger charge is -2.49. The maximum atomic E-state index is 12.7. The van der Waals surface area contributed by atoms with Crippen molar-refractivity contribution >= 4 is 41.4 Å². The maximum absolute atomic E-state index is 12.7. The number of nitrogens with zero attached hydrogens (tertiary/aromatic N) is 5. The van der Waals surface area contributed by atoms with E-state index in [0.717, 1.165) is 11.1 Å². The van der Waals surface area contributed by atoms with E-state index in [1.807, 2.05) is 31.2 Å². The highest BCUT2D eigenvalue weighted by Crippen LogP contribution is 2.41. The summed E-state index contributed by atoms with van der Waals surface area (Å²) in [5.41, 5.74) is 2.65. The molecule has 168 valence electrons. The molecular formula is C19H21N7O4S2. The van der Waals surface area contributed by atoms with Crippen LogP contribution in [0.5, 0.6) is 0 Å². The van der Waals surface area contributed by atoms with Crippen molar-refractivity contribution in [3.63, 3.8) is 0 Å². The molecule has 0 saturated carbocycles. The summed E-state index contributed by atoms with van der Waals surface area (Å²) < 4.78 is 1.49. The zero-order valence-electron chi connectivity index (χ0n) is 17.3. The van der Waals surface area contributed by atoms with Crippen molar-refractivity contribution < 1.29 is 19.5 Å². The third-order valence-electron chi connectivity index (χ3n) is 5.07. The second-order valence-corrected chi connectivity index (χ2v) is 9.38. The number of urea groups is 1. The van der Waals surface area contributed by atoms with Gasteiger partial charge in [0.2, 0.25) is 5.16 Å². The summed E-state index contributed by atoms with van der Waals surface area (Å²) in [5, 5.41) is 26.4. The molecule has 3 N–H and O–H groups in total. The molecule has 0 radical (unpaired) electrons. The molecule has 4 rings (SSSR count). The predicted octanol–water partition coefficient (Wildman–Crippen LogP) is 0.732. The Bertz CT molecular complexity index is 1090. The average Bonchev–Trinajstić information content (AvgIpc) is 3.19. The van der Waals surface area contributed by atoms with Gasteiger partial charge in [-0.3, -0.25) is 9.69 Å². The van der Waals surface area contributed by atoms with Crippen LogP contribution >= 0.6 is 23.5 Å². The minimum Gasteiger partial charge on any atom is -0.477 e. The number of carbonyl (C=O) groups excluding carboxylic acids is 2. The van der Waals surface area contributed by atoms with Gasteiger partial charge in [0.1, 0.15) is 17.1 Å². The first kappa shape index (κ1) is 22.1. The number of carbonyl (C=O) groups is 3. The van der Waals surface area contributed by atoms with Gasteiger partial charge in [-0.05, 0) is 28.5 Å². The van der Waals surface area contributed by atoms with Crippen molar-refractivity contribution in [2.24, 2.45) is 7.05 Å². The van der Waals surface area contributed by atoms with E-state index >= 15 is 0 Å². The molecule has 1 aromatic heterocycles. The van der Waals surface area contributed by atoms with Crippen LogP contribution in [0.1, 0.15) is 11.1 Å². The number of carboxylic acids is 1.